The second-order valence-electron chi connectivity index (χ2n) is 5.60. The number of aromatic carboxylic acids is 1. The molecule has 3 rings (SSSR count). The average molecular weight is 346 g/mol. The standard InChI is InChI=1S/C17H18N2O4S/c1-2-23-14-7-12(14)15(20)18-8-10-4-3-5-11(6-10)16-19-13(9-24-16)17(21)22/h3-6,9,12,14H,2,7-8H2,1H3,(H,18,20)(H,21,22). The summed E-state index contributed by atoms with van der Waals surface area (Å²) in [5.74, 6) is -1.05. The van der Waals surface area contributed by atoms with E-state index in [-0.39, 0.29) is 23.6 Å². The number of thiazole rings is 1. The molecule has 1 aliphatic carbocycles. The molecule has 1 saturated carbocycles. The van der Waals surface area contributed by atoms with Gasteiger partial charge in [-0.15, -0.1) is 11.3 Å². The van der Waals surface area contributed by atoms with E-state index in [2.05, 4.69) is 10.3 Å². The number of hydrogen-bond donors (Lipinski definition) is 2. The van der Waals surface area contributed by atoms with Crippen LogP contribution in [0.1, 0.15) is 29.4 Å². The zero-order valence-corrected chi connectivity index (χ0v) is 14.0. The molecule has 1 aliphatic rings. The number of rotatable bonds is 7. The van der Waals surface area contributed by atoms with Crippen LogP contribution in [0.25, 0.3) is 10.6 Å². The number of carboxylic acid groups (broad SMARTS) is 1. The second-order valence-corrected chi connectivity index (χ2v) is 6.46. The van der Waals surface area contributed by atoms with E-state index in [9.17, 15) is 9.59 Å². The lowest BCUT2D eigenvalue weighted by molar-refractivity contribution is -0.123. The lowest BCUT2D eigenvalue weighted by Gasteiger charge is -2.06. The molecule has 1 fully saturated rings. The van der Waals surface area contributed by atoms with Crippen LogP contribution >= 0.6 is 11.3 Å². The van der Waals surface area contributed by atoms with Crippen molar-refractivity contribution in [3.8, 4) is 10.6 Å². The molecule has 1 heterocycles. The molecule has 2 N–H and O–H groups in total. The van der Waals surface area contributed by atoms with E-state index < -0.39 is 5.97 Å². The fourth-order valence-corrected chi connectivity index (χ4v) is 3.28. The van der Waals surface area contributed by atoms with Gasteiger partial charge in [0.25, 0.3) is 0 Å². The Morgan fingerprint density at radius 2 is 2.29 bits per heavy atom. The SMILES string of the molecule is CCOC1CC1C(=O)NCc1cccc(-c2nc(C(=O)O)cs2)c1. The summed E-state index contributed by atoms with van der Waals surface area (Å²) in [6.07, 6.45) is 0.850. The van der Waals surface area contributed by atoms with Gasteiger partial charge in [-0.25, -0.2) is 9.78 Å². The monoisotopic (exact) mass is 346 g/mol. The van der Waals surface area contributed by atoms with Crippen LogP contribution in [0, 0.1) is 5.92 Å². The second kappa shape index (κ2) is 7.11. The minimum Gasteiger partial charge on any atom is -0.476 e. The highest BCUT2D eigenvalue weighted by Crippen LogP contribution is 2.33. The molecule has 126 valence electrons. The Labute approximate surface area is 143 Å². The van der Waals surface area contributed by atoms with Gasteiger partial charge in [0.2, 0.25) is 5.91 Å². The number of carbonyl (C=O) groups excluding carboxylic acids is 1. The number of hydrogen-bond acceptors (Lipinski definition) is 5. The first-order chi connectivity index (χ1) is 11.6. The highest BCUT2D eigenvalue weighted by atomic mass is 32.1. The van der Waals surface area contributed by atoms with Crippen molar-refractivity contribution in [3.05, 3.63) is 40.9 Å². The summed E-state index contributed by atoms with van der Waals surface area (Å²) in [6, 6.07) is 7.58. The molecule has 2 atom stereocenters. The van der Waals surface area contributed by atoms with Gasteiger partial charge in [0.05, 0.1) is 12.0 Å². The summed E-state index contributed by atoms with van der Waals surface area (Å²) in [6.45, 7) is 2.98. The van der Waals surface area contributed by atoms with Crippen LogP contribution in [0.3, 0.4) is 0 Å². The maximum Gasteiger partial charge on any atom is 0.355 e. The molecule has 0 radical (unpaired) electrons. The molecule has 0 bridgehead atoms. The van der Waals surface area contributed by atoms with Crippen molar-refractivity contribution in [2.75, 3.05) is 6.61 Å². The zero-order chi connectivity index (χ0) is 17.1. The van der Waals surface area contributed by atoms with Gasteiger partial charge in [-0.1, -0.05) is 18.2 Å². The van der Waals surface area contributed by atoms with Gasteiger partial charge < -0.3 is 15.2 Å². The number of amides is 1. The third-order valence-corrected chi connectivity index (χ3v) is 4.70. The van der Waals surface area contributed by atoms with E-state index in [0.717, 1.165) is 17.5 Å². The number of aromatic nitrogens is 1. The van der Waals surface area contributed by atoms with Crippen LogP contribution in [-0.4, -0.2) is 34.7 Å². The highest BCUT2D eigenvalue weighted by Gasteiger charge is 2.43. The summed E-state index contributed by atoms with van der Waals surface area (Å²) in [7, 11) is 0. The predicted octanol–water partition coefficient (Wildman–Crippen LogP) is 2.55. The van der Waals surface area contributed by atoms with Gasteiger partial charge in [0, 0.05) is 24.1 Å². The number of ether oxygens (including phenoxy) is 1. The summed E-state index contributed by atoms with van der Waals surface area (Å²) in [5.41, 5.74) is 1.84. The first kappa shape index (κ1) is 16.6. The van der Waals surface area contributed by atoms with Gasteiger partial charge >= 0.3 is 5.97 Å². The van der Waals surface area contributed by atoms with Crippen LogP contribution < -0.4 is 5.32 Å². The summed E-state index contributed by atoms with van der Waals surface area (Å²) < 4.78 is 5.42. The number of carbonyl (C=O) groups is 2. The number of nitrogens with one attached hydrogen (secondary N) is 1. The molecule has 24 heavy (non-hydrogen) atoms. The Morgan fingerprint density at radius 1 is 1.46 bits per heavy atom. The largest absolute Gasteiger partial charge is 0.476 e. The van der Waals surface area contributed by atoms with Crippen LogP contribution in [0.5, 0.6) is 0 Å². The Kier molecular flexibility index (Phi) is 4.92. The topological polar surface area (TPSA) is 88.5 Å². The van der Waals surface area contributed by atoms with Crippen LogP contribution in [-0.2, 0) is 16.1 Å². The van der Waals surface area contributed by atoms with Crippen molar-refractivity contribution < 1.29 is 19.4 Å². The van der Waals surface area contributed by atoms with E-state index in [0.29, 0.717) is 18.2 Å². The number of benzene rings is 1. The lowest BCUT2D eigenvalue weighted by atomic mass is 10.1. The smallest absolute Gasteiger partial charge is 0.355 e. The molecule has 6 nitrogen and oxygen atoms in total. The van der Waals surface area contributed by atoms with E-state index in [1.807, 2.05) is 31.2 Å². The molecule has 1 aromatic heterocycles. The van der Waals surface area contributed by atoms with E-state index in [1.54, 1.807) is 0 Å². The maximum absolute atomic E-state index is 12.0. The Hall–Kier alpha value is -2.25. The third-order valence-electron chi connectivity index (χ3n) is 3.81. The highest BCUT2D eigenvalue weighted by molar-refractivity contribution is 7.13. The Balaban J connectivity index is 1.61. The average Bonchev–Trinajstić information content (AvgIpc) is 3.16. The fourth-order valence-electron chi connectivity index (χ4n) is 2.49. The Bertz CT molecular complexity index is 759. The minimum absolute atomic E-state index is 0.0151. The third kappa shape index (κ3) is 3.80. The van der Waals surface area contributed by atoms with Crippen LogP contribution in [0.15, 0.2) is 29.6 Å². The maximum atomic E-state index is 12.0. The van der Waals surface area contributed by atoms with E-state index in [1.165, 1.54) is 16.7 Å². The molecule has 2 aromatic rings. The summed E-state index contributed by atoms with van der Waals surface area (Å²) in [5, 5.41) is 14.0. The van der Waals surface area contributed by atoms with Crippen LogP contribution in [0.2, 0.25) is 0 Å². The lowest BCUT2D eigenvalue weighted by Crippen LogP contribution is -2.26. The van der Waals surface area contributed by atoms with Crippen molar-refractivity contribution in [1.82, 2.24) is 10.3 Å². The van der Waals surface area contributed by atoms with E-state index >= 15 is 0 Å². The number of carboxylic acids is 1. The molecule has 1 amide bonds. The van der Waals surface area contributed by atoms with Crippen molar-refractivity contribution >= 4 is 23.2 Å². The molecule has 0 saturated heterocycles. The molecule has 7 heteroatoms. The van der Waals surface area contributed by atoms with Crippen LogP contribution in [0.4, 0.5) is 0 Å². The van der Waals surface area contributed by atoms with Crippen molar-refractivity contribution in [1.29, 1.82) is 0 Å². The minimum atomic E-state index is -1.03. The molecule has 0 aliphatic heterocycles. The zero-order valence-electron chi connectivity index (χ0n) is 13.2. The van der Waals surface area contributed by atoms with Gasteiger partial charge in [-0.3, -0.25) is 4.79 Å². The van der Waals surface area contributed by atoms with Gasteiger partial charge in [0.15, 0.2) is 5.69 Å². The molecule has 0 spiro atoms. The van der Waals surface area contributed by atoms with Gasteiger partial charge in [-0.05, 0) is 25.0 Å². The summed E-state index contributed by atoms with van der Waals surface area (Å²) in [4.78, 5) is 27.0. The van der Waals surface area contributed by atoms with Crippen molar-refractivity contribution in [2.24, 2.45) is 5.92 Å². The Morgan fingerprint density at radius 3 is 3.00 bits per heavy atom. The molecular weight excluding hydrogens is 328 g/mol. The normalized spacial score (nSPS) is 19.0. The molecule has 2 unspecified atom stereocenters. The first-order valence-corrected chi connectivity index (χ1v) is 8.64. The molecule has 1 aromatic carbocycles. The number of nitrogens with zero attached hydrogens (tertiary/aromatic N) is 1. The first-order valence-electron chi connectivity index (χ1n) is 7.76. The van der Waals surface area contributed by atoms with Crippen molar-refractivity contribution in [2.45, 2.75) is 26.0 Å². The van der Waals surface area contributed by atoms with Gasteiger partial charge in [-0.2, -0.15) is 0 Å². The summed E-state index contributed by atoms with van der Waals surface area (Å²) >= 11 is 1.29. The quantitative estimate of drug-likeness (QED) is 0.804. The van der Waals surface area contributed by atoms with Gasteiger partial charge in [0.1, 0.15) is 5.01 Å². The van der Waals surface area contributed by atoms with Crippen molar-refractivity contribution in [3.63, 3.8) is 0 Å². The predicted molar refractivity (Wildman–Crippen MR) is 89.9 cm³/mol. The molecular formula is C17H18N2O4S. The fraction of sp³-hybridized carbons (Fsp3) is 0.353. The van der Waals surface area contributed by atoms with E-state index in [4.69, 9.17) is 9.84 Å².